The molecule has 3 aromatic carbocycles. The van der Waals surface area contributed by atoms with Crippen LogP contribution >= 0.6 is 0 Å². The summed E-state index contributed by atoms with van der Waals surface area (Å²) >= 11 is 0. The summed E-state index contributed by atoms with van der Waals surface area (Å²) in [6, 6.07) is 19.4. The van der Waals surface area contributed by atoms with Crippen molar-refractivity contribution in [3.8, 4) is 17.2 Å². The number of aliphatic carboxylic acids is 1. The number of hydroxylamine groups is 1. The SMILES string of the molecule is COc1cc([N+](=O)[O-])ccc1ON(C(=O)c1ccc(OC2CCN(CC(C)(C)C(=O)O)CC2)cc1)c1ccccc1. The molecule has 216 valence electrons. The molecule has 1 heterocycles. The van der Waals surface area contributed by atoms with E-state index in [1.807, 2.05) is 6.07 Å². The maximum Gasteiger partial charge on any atom is 0.310 e. The Morgan fingerprint density at radius 2 is 1.68 bits per heavy atom. The number of para-hydroxylation sites is 1. The van der Waals surface area contributed by atoms with Crippen LogP contribution in [0.5, 0.6) is 17.2 Å². The third-order valence-corrected chi connectivity index (χ3v) is 6.86. The van der Waals surface area contributed by atoms with E-state index in [2.05, 4.69) is 4.90 Å². The quantitative estimate of drug-likeness (QED) is 0.247. The molecular weight excluding hydrogens is 530 g/mol. The van der Waals surface area contributed by atoms with Crippen LogP contribution in [0.1, 0.15) is 37.0 Å². The van der Waals surface area contributed by atoms with Gasteiger partial charge in [-0.05, 0) is 69.2 Å². The van der Waals surface area contributed by atoms with Gasteiger partial charge in [0.25, 0.3) is 11.6 Å². The Labute approximate surface area is 238 Å². The smallest absolute Gasteiger partial charge is 0.310 e. The molecule has 0 radical (unpaired) electrons. The van der Waals surface area contributed by atoms with E-state index in [1.165, 1.54) is 25.3 Å². The van der Waals surface area contributed by atoms with Gasteiger partial charge in [0.1, 0.15) is 11.9 Å². The number of nitro benzene ring substituents is 1. The molecule has 1 saturated heterocycles. The fraction of sp³-hybridized carbons (Fsp3) is 0.333. The van der Waals surface area contributed by atoms with Crippen LogP contribution in [-0.4, -0.2) is 59.7 Å². The maximum atomic E-state index is 13.6. The molecule has 1 aliphatic rings. The van der Waals surface area contributed by atoms with Crippen molar-refractivity contribution in [3.63, 3.8) is 0 Å². The van der Waals surface area contributed by atoms with Crippen molar-refractivity contribution >= 4 is 23.3 Å². The zero-order valence-electron chi connectivity index (χ0n) is 23.2. The van der Waals surface area contributed by atoms with Gasteiger partial charge in [0.15, 0.2) is 11.5 Å². The van der Waals surface area contributed by atoms with Crippen LogP contribution < -0.4 is 19.4 Å². The van der Waals surface area contributed by atoms with E-state index in [0.29, 0.717) is 23.5 Å². The zero-order valence-corrected chi connectivity index (χ0v) is 23.2. The lowest BCUT2D eigenvalue weighted by molar-refractivity contribution is -0.385. The van der Waals surface area contributed by atoms with Gasteiger partial charge in [0, 0.05) is 31.3 Å². The first kappa shape index (κ1) is 29.3. The minimum absolute atomic E-state index is 0.0144. The average Bonchev–Trinajstić information content (AvgIpc) is 2.97. The molecule has 0 aromatic heterocycles. The lowest BCUT2D eigenvalue weighted by Crippen LogP contribution is -2.45. The average molecular weight is 564 g/mol. The number of methoxy groups -OCH3 is 1. The Balaban J connectivity index is 1.44. The third kappa shape index (κ3) is 7.31. The van der Waals surface area contributed by atoms with Crippen molar-refractivity contribution in [1.29, 1.82) is 0 Å². The summed E-state index contributed by atoms with van der Waals surface area (Å²) in [5, 5.41) is 21.7. The van der Waals surface area contributed by atoms with E-state index in [0.717, 1.165) is 31.0 Å². The van der Waals surface area contributed by atoms with Crippen LogP contribution in [0.15, 0.2) is 72.8 Å². The van der Waals surface area contributed by atoms with E-state index in [4.69, 9.17) is 14.3 Å². The van der Waals surface area contributed by atoms with Crippen molar-refractivity contribution in [1.82, 2.24) is 4.90 Å². The van der Waals surface area contributed by atoms with Gasteiger partial charge in [-0.2, -0.15) is 0 Å². The number of hydrogen-bond donors (Lipinski definition) is 1. The van der Waals surface area contributed by atoms with E-state index >= 15 is 0 Å². The number of likely N-dealkylation sites (tertiary alicyclic amines) is 1. The molecule has 0 aliphatic carbocycles. The molecule has 0 unspecified atom stereocenters. The summed E-state index contributed by atoms with van der Waals surface area (Å²) in [7, 11) is 1.36. The highest BCUT2D eigenvalue weighted by molar-refractivity contribution is 6.05. The first-order chi connectivity index (χ1) is 19.6. The maximum absolute atomic E-state index is 13.6. The predicted octanol–water partition coefficient (Wildman–Crippen LogP) is 5.20. The highest BCUT2D eigenvalue weighted by atomic mass is 16.7. The Bertz CT molecular complexity index is 1370. The standard InChI is InChI=1S/C30H33N3O8/c1-30(2,29(35)36)20-31-17-15-25(16-18-31)40-24-12-9-21(10-13-24)28(34)32(22-7-5-4-6-8-22)41-26-14-11-23(33(37)38)19-27(26)39-3/h4-14,19,25H,15-18,20H2,1-3H3,(H,35,36). The van der Waals surface area contributed by atoms with Crippen LogP contribution in [0.2, 0.25) is 0 Å². The molecule has 0 spiro atoms. The number of rotatable bonds is 11. The number of anilines is 1. The molecule has 1 amide bonds. The number of nitrogens with zero attached hydrogens (tertiary/aromatic N) is 3. The van der Waals surface area contributed by atoms with Crippen molar-refractivity contribution in [2.45, 2.75) is 32.8 Å². The molecular formula is C30H33N3O8. The van der Waals surface area contributed by atoms with E-state index in [1.54, 1.807) is 62.4 Å². The summed E-state index contributed by atoms with van der Waals surface area (Å²) in [6.45, 7) is 5.43. The second kappa shape index (κ2) is 12.7. The van der Waals surface area contributed by atoms with E-state index < -0.39 is 22.2 Å². The molecule has 1 aliphatic heterocycles. The van der Waals surface area contributed by atoms with Crippen molar-refractivity contribution < 1.29 is 33.9 Å². The van der Waals surface area contributed by atoms with Gasteiger partial charge in [-0.15, -0.1) is 5.06 Å². The van der Waals surface area contributed by atoms with Gasteiger partial charge in [-0.1, -0.05) is 18.2 Å². The van der Waals surface area contributed by atoms with E-state index in [-0.39, 0.29) is 23.3 Å². The van der Waals surface area contributed by atoms with Crippen LogP contribution in [-0.2, 0) is 4.79 Å². The van der Waals surface area contributed by atoms with Crippen LogP contribution in [0.4, 0.5) is 11.4 Å². The van der Waals surface area contributed by atoms with Crippen molar-refractivity contribution in [2.75, 3.05) is 31.8 Å². The molecule has 0 saturated carbocycles. The van der Waals surface area contributed by atoms with Gasteiger partial charge in [-0.3, -0.25) is 19.7 Å². The van der Waals surface area contributed by atoms with Crippen LogP contribution in [0, 0.1) is 15.5 Å². The number of carboxylic acids is 1. The first-order valence-corrected chi connectivity index (χ1v) is 13.2. The fourth-order valence-corrected chi connectivity index (χ4v) is 4.52. The Morgan fingerprint density at radius 3 is 2.27 bits per heavy atom. The summed E-state index contributed by atoms with van der Waals surface area (Å²) in [5.41, 5.74) is -0.183. The Kier molecular flexibility index (Phi) is 9.08. The van der Waals surface area contributed by atoms with Gasteiger partial charge in [0.2, 0.25) is 0 Å². The summed E-state index contributed by atoms with van der Waals surface area (Å²) in [4.78, 5) is 43.7. The highest BCUT2D eigenvalue weighted by Gasteiger charge is 2.32. The lowest BCUT2D eigenvalue weighted by Gasteiger charge is -2.35. The number of ether oxygens (including phenoxy) is 2. The highest BCUT2D eigenvalue weighted by Crippen LogP contribution is 2.33. The van der Waals surface area contributed by atoms with Gasteiger partial charge in [-0.25, -0.2) is 0 Å². The number of piperidine rings is 1. The summed E-state index contributed by atoms with van der Waals surface area (Å²) < 4.78 is 11.4. The third-order valence-electron chi connectivity index (χ3n) is 6.86. The normalized spacial score (nSPS) is 14.2. The van der Waals surface area contributed by atoms with Gasteiger partial charge < -0.3 is 24.3 Å². The van der Waals surface area contributed by atoms with Gasteiger partial charge in [0.05, 0.1) is 29.2 Å². The molecule has 0 atom stereocenters. The largest absolute Gasteiger partial charge is 0.492 e. The molecule has 0 bridgehead atoms. The fourth-order valence-electron chi connectivity index (χ4n) is 4.52. The molecule has 4 rings (SSSR count). The second-order valence-corrected chi connectivity index (χ2v) is 10.4. The van der Waals surface area contributed by atoms with Crippen LogP contribution in [0.25, 0.3) is 0 Å². The number of hydrogen-bond acceptors (Lipinski definition) is 8. The second-order valence-electron chi connectivity index (χ2n) is 10.4. The summed E-state index contributed by atoms with van der Waals surface area (Å²) in [6.07, 6.45) is 1.52. The van der Waals surface area contributed by atoms with Crippen LogP contribution in [0.3, 0.4) is 0 Å². The number of carboxylic acid groups (broad SMARTS) is 1. The Hall–Kier alpha value is -4.64. The first-order valence-electron chi connectivity index (χ1n) is 13.2. The number of non-ortho nitro benzene ring substituents is 1. The Morgan fingerprint density at radius 1 is 1.02 bits per heavy atom. The minimum Gasteiger partial charge on any atom is -0.492 e. The molecule has 1 fully saturated rings. The predicted molar refractivity (Wildman–Crippen MR) is 151 cm³/mol. The molecule has 11 heteroatoms. The topological polar surface area (TPSA) is 132 Å². The van der Waals surface area contributed by atoms with E-state index in [9.17, 15) is 24.8 Å². The molecule has 1 N–H and O–H groups in total. The lowest BCUT2D eigenvalue weighted by atomic mass is 9.92. The van der Waals surface area contributed by atoms with Gasteiger partial charge >= 0.3 is 5.97 Å². The molecule has 3 aromatic rings. The number of carbonyl (C=O) groups excluding carboxylic acids is 1. The van der Waals surface area contributed by atoms with Crippen molar-refractivity contribution in [2.24, 2.45) is 5.41 Å². The summed E-state index contributed by atoms with van der Waals surface area (Å²) in [5.74, 6) is -0.413. The number of amides is 1. The number of nitro groups is 1. The zero-order chi connectivity index (χ0) is 29.6. The number of benzene rings is 3. The number of carbonyl (C=O) groups is 2. The molecule has 41 heavy (non-hydrogen) atoms. The molecule has 11 nitrogen and oxygen atoms in total. The monoisotopic (exact) mass is 563 g/mol. The minimum atomic E-state index is -0.811. The van der Waals surface area contributed by atoms with Crippen molar-refractivity contribution in [3.05, 3.63) is 88.5 Å².